The SMILES string of the molecule is CCNc1c(CN2CCCNC(=O)C2)cccc1[N+](=O)[O-]. The Bertz CT molecular complexity index is 533. The zero-order valence-electron chi connectivity index (χ0n) is 12.1. The summed E-state index contributed by atoms with van der Waals surface area (Å²) in [6, 6.07) is 5.05. The number of nitrogens with one attached hydrogen (secondary N) is 2. The molecule has 0 atom stereocenters. The van der Waals surface area contributed by atoms with Gasteiger partial charge < -0.3 is 10.6 Å². The van der Waals surface area contributed by atoms with Crippen molar-refractivity contribution < 1.29 is 9.72 Å². The van der Waals surface area contributed by atoms with Gasteiger partial charge in [0.05, 0.1) is 11.5 Å². The molecule has 0 radical (unpaired) electrons. The first-order valence-electron chi connectivity index (χ1n) is 7.11. The van der Waals surface area contributed by atoms with Crippen molar-refractivity contribution in [3.8, 4) is 0 Å². The highest BCUT2D eigenvalue weighted by Gasteiger charge is 2.20. The van der Waals surface area contributed by atoms with Gasteiger partial charge in [-0.1, -0.05) is 12.1 Å². The molecule has 7 nitrogen and oxygen atoms in total. The normalized spacial score (nSPS) is 16.1. The zero-order chi connectivity index (χ0) is 15.2. The molecule has 2 N–H and O–H groups in total. The summed E-state index contributed by atoms with van der Waals surface area (Å²) in [5.41, 5.74) is 1.48. The molecule has 0 unspecified atom stereocenters. The standard InChI is InChI=1S/C14H20N4O3/c1-2-15-14-11(5-3-6-12(14)18(20)21)9-17-8-4-7-16-13(19)10-17/h3,5-6,15H,2,4,7-10H2,1H3,(H,16,19). The van der Waals surface area contributed by atoms with E-state index < -0.39 is 0 Å². The summed E-state index contributed by atoms with van der Waals surface area (Å²) in [6.07, 6.45) is 0.886. The van der Waals surface area contributed by atoms with Gasteiger partial charge in [0.15, 0.2) is 0 Å². The second kappa shape index (κ2) is 7.03. The van der Waals surface area contributed by atoms with Crippen molar-refractivity contribution >= 4 is 17.3 Å². The Labute approximate surface area is 123 Å². The third kappa shape index (κ3) is 3.91. The van der Waals surface area contributed by atoms with Gasteiger partial charge in [-0.2, -0.15) is 0 Å². The van der Waals surface area contributed by atoms with Gasteiger partial charge in [-0.25, -0.2) is 0 Å². The van der Waals surface area contributed by atoms with E-state index in [1.807, 2.05) is 17.9 Å². The van der Waals surface area contributed by atoms with Gasteiger partial charge >= 0.3 is 0 Å². The molecule has 21 heavy (non-hydrogen) atoms. The summed E-state index contributed by atoms with van der Waals surface area (Å²) in [5, 5.41) is 17.0. The van der Waals surface area contributed by atoms with E-state index in [0.717, 1.165) is 18.5 Å². The first-order valence-corrected chi connectivity index (χ1v) is 7.11. The van der Waals surface area contributed by atoms with Gasteiger partial charge in [0.1, 0.15) is 5.69 Å². The number of amides is 1. The quantitative estimate of drug-likeness (QED) is 0.632. The summed E-state index contributed by atoms with van der Waals surface area (Å²) in [4.78, 5) is 24.4. The van der Waals surface area contributed by atoms with Gasteiger partial charge in [0, 0.05) is 32.2 Å². The maximum Gasteiger partial charge on any atom is 0.292 e. The molecule has 0 spiro atoms. The number of hydrogen-bond donors (Lipinski definition) is 2. The van der Waals surface area contributed by atoms with Gasteiger partial charge in [-0.15, -0.1) is 0 Å². The van der Waals surface area contributed by atoms with Gasteiger partial charge in [0.2, 0.25) is 5.91 Å². The van der Waals surface area contributed by atoms with Crippen molar-refractivity contribution in [1.29, 1.82) is 0 Å². The second-order valence-electron chi connectivity index (χ2n) is 5.01. The number of para-hydroxylation sites is 1. The summed E-state index contributed by atoms with van der Waals surface area (Å²) >= 11 is 0. The summed E-state index contributed by atoms with van der Waals surface area (Å²) in [6.45, 7) is 4.85. The van der Waals surface area contributed by atoms with E-state index in [-0.39, 0.29) is 16.5 Å². The Morgan fingerprint density at radius 3 is 3.00 bits per heavy atom. The predicted octanol–water partition coefficient (Wildman–Crippen LogP) is 1.35. The van der Waals surface area contributed by atoms with E-state index in [0.29, 0.717) is 31.9 Å². The number of benzene rings is 1. The molecule has 7 heteroatoms. The van der Waals surface area contributed by atoms with E-state index in [1.165, 1.54) is 6.07 Å². The van der Waals surface area contributed by atoms with E-state index >= 15 is 0 Å². The lowest BCUT2D eigenvalue weighted by Gasteiger charge is -2.20. The van der Waals surface area contributed by atoms with Crippen LogP contribution in [0, 0.1) is 10.1 Å². The van der Waals surface area contributed by atoms with Crippen LogP contribution in [0.4, 0.5) is 11.4 Å². The van der Waals surface area contributed by atoms with Crippen LogP contribution >= 0.6 is 0 Å². The van der Waals surface area contributed by atoms with E-state index in [1.54, 1.807) is 6.07 Å². The number of nitro benzene ring substituents is 1. The molecule has 1 heterocycles. The molecule has 1 fully saturated rings. The molecule has 1 aromatic carbocycles. The molecular weight excluding hydrogens is 272 g/mol. The molecule has 0 bridgehead atoms. The summed E-state index contributed by atoms with van der Waals surface area (Å²) in [7, 11) is 0. The average molecular weight is 292 g/mol. The molecule has 0 aliphatic carbocycles. The fourth-order valence-electron chi connectivity index (χ4n) is 2.50. The highest BCUT2D eigenvalue weighted by atomic mass is 16.6. The Morgan fingerprint density at radius 2 is 2.29 bits per heavy atom. The number of rotatable bonds is 5. The lowest BCUT2D eigenvalue weighted by Crippen LogP contribution is -2.32. The maximum absolute atomic E-state index is 11.6. The monoisotopic (exact) mass is 292 g/mol. The molecule has 0 saturated carbocycles. The topological polar surface area (TPSA) is 87.5 Å². The molecular formula is C14H20N4O3. The Balaban J connectivity index is 2.23. The lowest BCUT2D eigenvalue weighted by molar-refractivity contribution is -0.384. The average Bonchev–Trinajstić information content (AvgIpc) is 2.65. The van der Waals surface area contributed by atoms with Crippen molar-refractivity contribution in [2.75, 3.05) is 31.5 Å². The summed E-state index contributed by atoms with van der Waals surface area (Å²) in [5.74, 6) is 0.00271. The Hall–Kier alpha value is -2.15. The smallest absolute Gasteiger partial charge is 0.292 e. The van der Waals surface area contributed by atoms with Crippen molar-refractivity contribution in [2.45, 2.75) is 19.9 Å². The van der Waals surface area contributed by atoms with Gasteiger partial charge in [0.25, 0.3) is 5.69 Å². The molecule has 1 aromatic rings. The number of carbonyl (C=O) groups excluding carboxylic acids is 1. The maximum atomic E-state index is 11.6. The van der Waals surface area contributed by atoms with Crippen molar-refractivity contribution in [2.24, 2.45) is 0 Å². The fourth-order valence-corrected chi connectivity index (χ4v) is 2.50. The van der Waals surface area contributed by atoms with Crippen LogP contribution in [-0.2, 0) is 11.3 Å². The number of nitrogens with zero attached hydrogens (tertiary/aromatic N) is 2. The molecule has 1 saturated heterocycles. The van der Waals surface area contributed by atoms with Crippen LogP contribution in [-0.4, -0.2) is 41.9 Å². The van der Waals surface area contributed by atoms with E-state index in [2.05, 4.69) is 10.6 Å². The highest BCUT2D eigenvalue weighted by Crippen LogP contribution is 2.29. The third-order valence-electron chi connectivity index (χ3n) is 3.41. The highest BCUT2D eigenvalue weighted by molar-refractivity contribution is 5.78. The van der Waals surface area contributed by atoms with E-state index in [4.69, 9.17) is 0 Å². The number of hydrogen-bond acceptors (Lipinski definition) is 5. The van der Waals surface area contributed by atoms with Crippen molar-refractivity contribution in [3.63, 3.8) is 0 Å². The van der Waals surface area contributed by atoms with Crippen molar-refractivity contribution in [3.05, 3.63) is 33.9 Å². The molecule has 1 amide bonds. The van der Waals surface area contributed by atoms with Crippen LogP contribution in [0.5, 0.6) is 0 Å². The second-order valence-corrected chi connectivity index (χ2v) is 5.01. The fraction of sp³-hybridized carbons (Fsp3) is 0.500. The third-order valence-corrected chi connectivity index (χ3v) is 3.41. The minimum absolute atomic E-state index is 0.00271. The van der Waals surface area contributed by atoms with E-state index in [9.17, 15) is 14.9 Å². The number of anilines is 1. The van der Waals surface area contributed by atoms with Crippen LogP contribution < -0.4 is 10.6 Å². The minimum Gasteiger partial charge on any atom is -0.380 e. The Kier molecular flexibility index (Phi) is 5.10. The lowest BCUT2D eigenvalue weighted by atomic mass is 10.1. The molecule has 114 valence electrons. The zero-order valence-corrected chi connectivity index (χ0v) is 12.1. The van der Waals surface area contributed by atoms with Crippen LogP contribution in [0.3, 0.4) is 0 Å². The first kappa shape index (κ1) is 15.2. The molecule has 1 aliphatic heterocycles. The van der Waals surface area contributed by atoms with Crippen LogP contribution in [0.25, 0.3) is 0 Å². The van der Waals surface area contributed by atoms with Gasteiger partial charge in [-0.3, -0.25) is 19.8 Å². The molecule has 2 rings (SSSR count). The number of carbonyl (C=O) groups is 1. The Morgan fingerprint density at radius 1 is 1.48 bits per heavy atom. The number of nitro groups is 1. The molecule has 0 aromatic heterocycles. The van der Waals surface area contributed by atoms with Gasteiger partial charge in [-0.05, 0) is 18.9 Å². The largest absolute Gasteiger partial charge is 0.380 e. The van der Waals surface area contributed by atoms with Crippen LogP contribution in [0.15, 0.2) is 18.2 Å². The van der Waals surface area contributed by atoms with Crippen LogP contribution in [0.1, 0.15) is 18.9 Å². The van der Waals surface area contributed by atoms with Crippen molar-refractivity contribution in [1.82, 2.24) is 10.2 Å². The first-order chi connectivity index (χ1) is 10.1. The minimum atomic E-state index is -0.378. The van der Waals surface area contributed by atoms with Crippen LogP contribution in [0.2, 0.25) is 0 Å². The summed E-state index contributed by atoms with van der Waals surface area (Å²) < 4.78 is 0. The predicted molar refractivity (Wildman–Crippen MR) is 80.2 cm³/mol. The molecule has 1 aliphatic rings.